The van der Waals surface area contributed by atoms with E-state index in [0.717, 1.165) is 19.3 Å². The predicted molar refractivity (Wildman–Crippen MR) is 81.3 cm³/mol. The van der Waals surface area contributed by atoms with Crippen LogP contribution in [0.4, 0.5) is 0 Å². The van der Waals surface area contributed by atoms with Gasteiger partial charge in [0.25, 0.3) is 0 Å². The number of fused-ring (bicyclic) bond motifs is 1. The third kappa shape index (κ3) is 3.82. The molecule has 106 valence electrons. The molecule has 0 aliphatic heterocycles. The maximum absolute atomic E-state index is 10.5. The summed E-state index contributed by atoms with van der Waals surface area (Å²) in [5.74, 6) is 1.16. The van der Waals surface area contributed by atoms with Crippen molar-refractivity contribution in [1.82, 2.24) is 0 Å². The first-order valence-electron chi connectivity index (χ1n) is 7.99. The zero-order chi connectivity index (χ0) is 13.7. The van der Waals surface area contributed by atoms with Gasteiger partial charge in [-0.15, -0.1) is 0 Å². The summed E-state index contributed by atoms with van der Waals surface area (Å²) in [6.07, 6.45) is 8.07. The monoisotopic (exact) mass is 260 g/mol. The van der Waals surface area contributed by atoms with Gasteiger partial charge in [0.05, 0.1) is 6.10 Å². The van der Waals surface area contributed by atoms with E-state index in [4.69, 9.17) is 0 Å². The van der Waals surface area contributed by atoms with Crippen molar-refractivity contribution in [2.24, 2.45) is 11.8 Å². The summed E-state index contributed by atoms with van der Waals surface area (Å²) in [4.78, 5) is 0. The third-order valence-electron chi connectivity index (χ3n) is 4.74. The van der Waals surface area contributed by atoms with Crippen molar-refractivity contribution >= 4 is 0 Å². The van der Waals surface area contributed by atoms with Gasteiger partial charge in [0, 0.05) is 0 Å². The van der Waals surface area contributed by atoms with Crippen molar-refractivity contribution in [3.8, 4) is 0 Å². The lowest BCUT2D eigenvalue weighted by atomic mass is 9.87. The Morgan fingerprint density at radius 2 is 1.79 bits per heavy atom. The van der Waals surface area contributed by atoms with Gasteiger partial charge in [0.2, 0.25) is 0 Å². The second-order valence-corrected chi connectivity index (χ2v) is 6.16. The molecule has 2 atom stereocenters. The summed E-state index contributed by atoms with van der Waals surface area (Å²) in [6, 6.07) is 8.67. The molecular formula is C18H28O. The lowest BCUT2D eigenvalue weighted by Gasteiger charge is -2.23. The number of rotatable bonds is 7. The van der Waals surface area contributed by atoms with Gasteiger partial charge in [-0.25, -0.2) is 0 Å². The van der Waals surface area contributed by atoms with Gasteiger partial charge in [-0.05, 0) is 42.2 Å². The fraction of sp³-hybridized carbons (Fsp3) is 0.667. The first kappa shape index (κ1) is 14.6. The first-order chi connectivity index (χ1) is 9.24. The number of hydrogen-bond acceptors (Lipinski definition) is 1. The Labute approximate surface area is 118 Å². The molecule has 1 aliphatic carbocycles. The number of aliphatic hydroxyl groups is 1. The molecule has 1 heteroatoms. The highest BCUT2D eigenvalue weighted by molar-refractivity contribution is 5.32. The minimum atomic E-state index is -0.116. The molecule has 0 spiro atoms. The van der Waals surface area contributed by atoms with Gasteiger partial charge in [-0.3, -0.25) is 0 Å². The average molecular weight is 260 g/mol. The largest absolute Gasteiger partial charge is 0.393 e. The zero-order valence-electron chi connectivity index (χ0n) is 12.4. The van der Waals surface area contributed by atoms with Gasteiger partial charge >= 0.3 is 0 Å². The van der Waals surface area contributed by atoms with Gasteiger partial charge in [0.1, 0.15) is 0 Å². The lowest BCUT2D eigenvalue weighted by molar-refractivity contribution is 0.0827. The number of aliphatic hydroxyl groups excluding tert-OH is 1. The van der Waals surface area contributed by atoms with E-state index in [1.807, 2.05) is 0 Å². The van der Waals surface area contributed by atoms with Crippen molar-refractivity contribution in [2.75, 3.05) is 0 Å². The molecule has 1 nitrogen and oxygen atoms in total. The molecule has 2 rings (SSSR count). The molecule has 0 saturated carbocycles. The molecule has 0 fully saturated rings. The van der Waals surface area contributed by atoms with Crippen LogP contribution in [0.15, 0.2) is 24.3 Å². The highest BCUT2D eigenvalue weighted by Gasteiger charge is 2.28. The van der Waals surface area contributed by atoms with E-state index in [1.54, 1.807) is 0 Å². The molecule has 1 N–H and O–H groups in total. The van der Waals surface area contributed by atoms with Crippen LogP contribution in [0.2, 0.25) is 0 Å². The van der Waals surface area contributed by atoms with E-state index in [-0.39, 0.29) is 6.10 Å². The van der Waals surface area contributed by atoms with Crippen molar-refractivity contribution in [2.45, 2.75) is 64.9 Å². The van der Waals surface area contributed by atoms with Crippen molar-refractivity contribution < 1.29 is 5.11 Å². The Kier molecular flexibility index (Phi) is 5.45. The Bertz CT molecular complexity index is 360. The number of hydrogen-bond donors (Lipinski definition) is 1. The second-order valence-electron chi connectivity index (χ2n) is 6.16. The van der Waals surface area contributed by atoms with E-state index >= 15 is 0 Å². The average Bonchev–Trinajstić information content (AvgIpc) is 2.87. The summed E-state index contributed by atoms with van der Waals surface area (Å²) in [6.45, 7) is 4.51. The fourth-order valence-electron chi connectivity index (χ4n) is 3.38. The minimum absolute atomic E-state index is 0.116. The molecule has 0 radical (unpaired) electrons. The first-order valence-corrected chi connectivity index (χ1v) is 7.99. The van der Waals surface area contributed by atoms with Crippen molar-refractivity contribution in [3.05, 3.63) is 35.4 Å². The molecule has 1 aromatic carbocycles. The molecule has 1 aliphatic rings. The topological polar surface area (TPSA) is 20.2 Å². The quantitative estimate of drug-likeness (QED) is 0.772. The number of unbranched alkanes of at least 4 members (excludes halogenated alkanes) is 1. The highest BCUT2D eigenvalue weighted by atomic mass is 16.3. The minimum Gasteiger partial charge on any atom is -0.393 e. The molecule has 0 heterocycles. The highest BCUT2D eigenvalue weighted by Crippen LogP contribution is 2.32. The Hall–Kier alpha value is -0.820. The summed E-state index contributed by atoms with van der Waals surface area (Å²) in [5.41, 5.74) is 2.90. The third-order valence-corrected chi connectivity index (χ3v) is 4.74. The number of benzene rings is 1. The van der Waals surface area contributed by atoms with Crippen LogP contribution in [0, 0.1) is 11.8 Å². The maximum Gasteiger partial charge on any atom is 0.0577 e. The molecular weight excluding hydrogens is 232 g/mol. The molecule has 0 saturated heterocycles. The standard InChI is InChI=1S/C18H28O/c1-3-5-8-14(4-2)11-18(19)17-12-15-9-6-7-10-16(15)13-17/h6-7,9-10,14,17-19H,3-5,8,11-13H2,1-2H3. The van der Waals surface area contributed by atoms with E-state index in [2.05, 4.69) is 38.1 Å². The Balaban J connectivity index is 1.86. The summed E-state index contributed by atoms with van der Waals surface area (Å²) in [5, 5.41) is 10.5. The Morgan fingerprint density at radius 1 is 1.16 bits per heavy atom. The summed E-state index contributed by atoms with van der Waals surface area (Å²) >= 11 is 0. The molecule has 0 bridgehead atoms. The van der Waals surface area contributed by atoms with Gasteiger partial charge in [-0.1, -0.05) is 63.8 Å². The van der Waals surface area contributed by atoms with Crippen LogP contribution >= 0.6 is 0 Å². The van der Waals surface area contributed by atoms with E-state index in [9.17, 15) is 5.11 Å². The molecule has 19 heavy (non-hydrogen) atoms. The second kappa shape index (κ2) is 7.09. The predicted octanol–water partition coefficient (Wildman–Crippen LogP) is 4.37. The van der Waals surface area contributed by atoms with Crippen LogP contribution in [0.3, 0.4) is 0 Å². The van der Waals surface area contributed by atoms with Gasteiger partial charge in [0.15, 0.2) is 0 Å². The maximum atomic E-state index is 10.5. The van der Waals surface area contributed by atoms with Crippen LogP contribution in [0.25, 0.3) is 0 Å². The molecule has 2 unspecified atom stereocenters. The van der Waals surface area contributed by atoms with Crippen LogP contribution in [0.1, 0.15) is 57.1 Å². The van der Waals surface area contributed by atoms with Crippen LogP contribution < -0.4 is 0 Å². The molecule has 1 aromatic rings. The van der Waals surface area contributed by atoms with Gasteiger partial charge < -0.3 is 5.11 Å². The van der Waals surface area contributed by atoms with E-state index < -0.39 is 0 Å². The summed E-state index contributed by atoms with van der Waals surface area (Å²) < 4.78 is 0. The van der Waals surface area contributed by atoms with Crippen LogP contribution in [0.5, 0.6) is 0 Å². The molecule has 0 aromatic heterocycles. The van der Waals surface area contributed by atoms with Crippen molar-refractivity contribution in [3.63, 3.8) is 0 Å². The van der Waals surface area contributed by atoms with Gasteiger partial charge in [-0.2, -0.15) is 0 Å². The van der Waals surface area contributed by atoms with Crippen LogP contribution in [-0.4, -0.2) is 11.2 Å². The summed E-state index contributed by atoms with van der Waals surface area (Å²) in [7, 11) is 0. The smallest absolute Gasteiger partial charge is 0.0577 e. The SMILES string of the molecule is CCCCC(CC)CC(O)C1Cc2ccccc2C1. The van der Waals surface area contributed by atoms with E-state index in [0.29, 0.717) is 11.8 Å². The van der Waals surface area contributed by atoms with Crippen molar-refractivity contribution in [1.29, 1.82) is 0 Å². The normalized spacial score (nSPS) is 18.3. The molecule has 0 amide bonds. The lowest BCUT2D eigenvalue weighted by Crippen LogP contribution is -2.24. The zero-order valence-corrected chi connectivity index (χ0v) is 12.4. The van der Waals surface area contributed by atoms with E-state index in [1.165, 1.54) is 36.8 Å². The Morgan fingerprint density at radius 3 is 2.32 bits per heavy atom. The van der Waals surface area contributed by atoms with Crippen LogP contribution in [-0.2, 0) is 12.8 Å². The fourth-order valence-corrected chi connectivity index (χ4v) is 3.38.